The second-order valence-corrected chi connectivity index (χ2v) is 11.6. The Balaban J connectivity index is 1.14. The first-order valence-corrected chi connectivity index (χ1v) is 14.8. The zero-order valence-corrected chi connectivity index (χ0v) is 23.3. The number of thioether (sulfide) groups is 1. The highest BCUT2D eigenvalue weighted by Gasteiger charge is 2.33. The summed E-state index contributed by atoms with van der Waals surface area (Å²) in [7, 11) is 0. The molecule has 11 heteroatoms. The number of rotatable bonds is 6. The molecule has 3 aliphatic rings. The quantitative estimate of drug-likeness (QED) is 0.301. The zero-order chi connectivity index (χ0) is 26.6. The number of benzene rings is 1. The minimum Gasteiger partial charge on any atom is -0.366 e. The van der Waals surface area contributed by atoms with Crippen LogP contribution in [0.25, 0.3) is 0 Å². The fraction of sp³-hybridized carbons (Fsp3) is 0.556. The number of carbonyl (C=O) groups is 2. The molecule has 1 saturated carbocycles. The van der Waals surface area contributed by atoms with E-state index in [0.717, 1.165) is 31.5 Å². The molecule has 0 bridgehead atoms. The van der Waals surface area contributed by atoms with Gasteiger partial charge in [-0.25, -0.2) is 14.4 Å². The van der Waals surface area contributed by atoms with Crippen LogP contribution in [0.5, 0.6) is 0 Å². The van der Waals surface area contributed by atoms with Gasteiger partial charge >= 0.3 is 0 Å². The van der Waals surface area contributed by atoms with Crippen LogP contribution in [0.4, 0.5) is 15.9 Å². The van der Waals surface area contributed by atoms with Crippen molar-refractivity contribution in [3.8, 4) is 0 Å². The van der Waals surface area contributed by atoms with Gasteiger partial charge in [-0.05, 0) is 31.9 Å². The van der Waals surface area contributed by atoms with Gasteiger partial charge in [-0.1, -0.05) is 48.3 Å². The Bertz CT molecular complexity index is 1160. The molecule has 0 spiro atoms. The molecule has 1 aliphatic carbocycles. The number of anilines is 2. The molecular formula is C27H34ClFN6O2S. The number of piperazine rings is 2. The first kappa shape index (κ1) is 27.0. The Morgan fingerprint density at radius 1 is 1.03 bits per heavy atom. The lowest BCUT2D eigenvalue weighted by Gasteiger charge is -2.41. The van der Waals surface area contributed by atoms with E-state index in [9.17, 15) is 14.0 Å². The van der Waals surface area contributed by atoms with Gasteiger partial charge in [0.15, 0.2) is 5.16 Å². The first-order chi connectivity index (χ1) is 18.4. The fourth-order valence-corrected chi connectivity index (χ4v) is 6.62. The van der Waals surface area contributed by atoms with Crippen LogP contribution in [0.15, 0.2) is 35.5 Å². The lowest BCUT2D eigenvalue weighted by Crippen LogP contribution is -2.55. The number of carbonyl (C=O) groups excluding carboxylic acids is 2. The maximum Gasteiger partial charge on any atom is 0.233 e. The van der Waals surface area contributed by atoms with Crippen LogP contribution in [-0.4, -0.2) is 89.2 Å². The highest BCUT2D eigenvalue weighted by atomic mass is 35.5. The number of halogens is 2. The number of nitrogens with zero attached hydrogens (tertiary/aromatic N) is 6. The number of hydrogen-bond donors (Lipinski definition) is 0. The van der Waals surface area contributed by atoms with Gasteiger partial charge in [0.1, 0.15) is 16.8 Å². The predicted octanol–water partition coefficient (Wildman–Crippen LogP) is 3.94. The Morgan fingerprint density at radius 2 is 1.74 bits per heavy atom. The third kappa shape index (κ3) is 6.17. The van der Waals surface area contributed by atoms with Crippen molar-refractivity contribution in [2.45, 2.75) is 43.8 Å². The van der Waals surface area contributed by atoms with Gasteiger partial charge in [0.05, 0.1) is 11.4 Å². The molecule has 1 unspecified atom stereocenters. The molecule has 0 N–H and O–H groups in total. The summed E-state index contributed by atoms with van der Waals surface area (Å²) >= 11 is 7.61. The second kappa shape index (κ2) is 12.1. The number of para-hydroxylation sites is 1. The molecule has 5 rings (SSSR count). The lowest BCUT2D eigenvalue weighted by atomic mass is 10.0. The van der Waals surface area contributed by atoms with E-state index in [1.807, 2.05) is 15.9 Å². The topological polar surface area (TPSA) is 72.9 Å². The number of aromatic nitrogens is 2. The van der Waals surface area contributed by atoms with Crippen molar-refractivity contribution in [2.24, 2.45) is 5.92 Å². The largest absolute Gasteiger partial charge is 0.366 e. The Morgan fingerprint density at radius 3 is 2.45 bits per heavy atom. The van der Waals surface area contributed by atoms with Crippen LogP contribution < -0.4 is 9.80 Å². The number of amides is 2. The van der Waals surface area contributed by atoms with E-state index in [0.29, 0.717) is 67.7 Å². The normalized spacial score (nSPS) is 20.8. The maximum atomic E-state index is 14.1. The molecule has 8 nitrogen and oxygen atoms in total. The molecule has 0 radical (unpaired) electrons. The molecule has 1 atom stereocenters. The van der Waals surface area contributed by atoms with Gasteiger partial charge < -0.3 is 19.6 Å². The average Bonchev–Trinajstić information content (AvgIpc) is 3.47. The summed E-state index contributed by atoms with van der Waals surface area (Å²) in [5.41, 5.74) is 0.576. The van der Waals surface area contributed by atoms with E-state index < -0.39 is 0 Å². The van der Waals surface area contributed by atoms with E-state index in [-0.39, 0.29) is 29.4 Å². The van der Waals surface area contributed by atoms with Crippen LogP contribution in [-0.2, 0) is 9.59 Å². The summed E-state index contributed by atoms with van der Waals surface area (Å²) in [5, 5.41) is 0.795. The molecule has 3 fully saturated rings. The van der Waals surface area contributed by atoms with Crippen molar-refractivity contribution in [3.63, 3.8) is 0 Å². The summed E-state index contributed by atoms with van der Waals surface area (Å²) in [6, 6.07) is 8.56. The maximum absolute atomic E-state index is 14.1. The molecule has 1 aromatic carbocycles. The van der Waals surface area contributed by atoms with Crippen LogP contribution in [0.2, 0.25) is 5.15 Å². The Hall–Kier alpha value is -2.59. The molecule has 204 valence electrons. The van der Waals surface area contributed by atoms with Crippen LogP contribution in [0.1, 0.15) is 32.6 Å². The lowest BCUT2D eigenvalue weighted by molar-refractivity contribution is -0.137. The van der Waals surface area contributed by atoms with E-state index >= 15 is 0 Å². The van der Waals surface area contributed by atoms with Crippen molar-refractivity contribution in [3.05, 3.63) is 41.3 Å². The smallest absolute Gasteiger partial charge is 0.233 e. The van der Waals surface area contributed by atoms with Crippen molar-refractivity contribution in [2.75, 3.05) is 61.4 Å². The summed E-state index contributed by atoms with van der Waals surface area (Å²) in [6.07, 6.45) is 4.32. The van der Waals surface area contributed by atoms with E-state index in [1.165, 1.54) is 17.8 Å². The summed E-state index contributed by atoms with van der Waals surface area (Å²) in [6.45, 7) is 6.37. The molecule has 2 aliphatic heterocycles. The van der Waals surface area contributed by atoms with Crippen molar-refractivity contribution in [1.82, 2.24) is 19.8 Å². The molecular weight excluding hydrogens is 527 g/mol. The third-order valence-corrected chi connectivity index (χ3v) is 8.78. The van der Waals surface area contributed by atoms with Gasteiger partial charge in [-0.3, -0.25) is 9.59 Å². The molecule has 2 aromatic rings. The standard InChI is InChI=1S/C27H34ClFN6O2S/c1-19-17-34(14-15-35(19)26(37)20-6-2-3-7-20)24-16-23(28)30-27(31-24)38-18-25(36)33-12-10-32(11-13-33)22-9-5-4-8-21(22)29/h4-5,8-9,16,19-20H,2-3,6-7,10-15,17-18H2,1H3. The van der Waals surface area contributed by atoms with E-state index in [1.54, 1.807) is 23.1 Å². The van der Waals surface area contributed by atoms with Crippen LogP contribution in [0.3, 0.4) is 0 Å². The minimum absolute atomic E-state index is 0.000899. The predicted molar refractivity (Wildman–Crippen MR) is 148 cm³/mol. The minimum atomic E-state index is -0.243. The van der Waals surface area contributed by atoms with E-state index in [4.69, 9.17) is 11.6 Å². The van der Waals surface area contributed by atoms with E-state index in [2.05, 4.69) is 21.8 Å². The first-order valence-electron chi connectivity index (χ1n) is 13.4. The monoisotopic (exact) mass is 560 g/mol. The van der Waals surface area contributed by atoms with Gasteiger partial charge in [-0.2, -0.15) is 0 Å². The molecule has 3 heterocycles. The van der Waals surface area contributed by atoms with Crippen LogP contribution in [0, 0.1) is 11.7 Å². The van der Waals surface area contributed by atoms with Gasteiger partial charge in [0, 0.05) is 63.8 Å². The molecule has 1 aromatic heterocycles. The molecule has 2 saturated heterocycles. The second-order valence-electron chi connectivity index (χ2n) is 10.2. The highest BCUT2D eigenvalue weighted by molar-refractivity contribution is 7.99. The van der Waals surface area contributed by atoms with Crippen LogP contribution >= 0.6 is 23.4 Å². The SMILES string of the molecule is CC1CN(c2cc(Cl)nc(SCC(=O)N3CCN(c4ccccc4F)CC3)n2)CCN1C(=O)C1CCCC1. The van der Waals surface area contributed by atoms with Crippen molar-refractivity contribution >= 4 is 46.7 Å². The van der Waals surface area contributed by atoms with Gasteiger partial charge in [0.2, 0.25) is 11.8 Å². The third-order valence-electron chi connectivity index (χ3n) is 7.75. The Kier molecular flexibility index (Phi) is 8.57. The van der Waals surface area contributed by atoms with Crippen molar-refractivity contribution < 1.29 is 14.0 Å². The molecule has 2 amide bonds. The highest BCUT2D eigenvalue weighted by Crippen LogP contribution is 2.29. The Labute approximate surface area is 232 Å². The fourth-order valence-electron chi connectivity index (χ4n) is 5.63. The average molecular weight is 561 g/mol. The van der Waals surface area contributed by atoms with Gasteiger partial charge in [0.25, 0.3) is 0 Å². The number of hydrogen-bond acceptors (Lipinski definition) is 7. The summed E-state index contributed by atoms with van der Waals surface area (Å²) in [4.78, 5) is 42.8. The van der Waals surface area contributed by atoms with Crippen molar-refractivity contribution in [1.29, 1.82) is 0 Å². The summed E-state index contributed by atoms with van der Waals surface area (Å²) < 4.78 is 14.1. The van der Waals surface area contributed by atoms with Gasteiger partial charge in [-0.15, -0.1) is 0 Å². The molecule has 38 heavy (non-hydrogen) atoms. The summed E-state index contributed by atoms with van der Waals surface area (Å²) in [5.74, 6) is 1.16. The zero-order valence-electron chi connectivity index (χ0n) is 21.7.